The number of amides is 2. The monoisotopic (exact) mass is 412 g/mol. The predicted octanol–water partition coefficient (Wildman–Crippen LogP) is 2.32. The van der Waals surface area contributed by atoms with Gasteiger partial charge >= 0.3 is 0 Å². The molecule has 0 aliphatic carbocycles. The van der Waals surface area contributed by atoms with E-state index in [0.29, 0.717) is 25.2 Å². The van der Waals surface area contributed by atoms with Crippen molar-refractivity contribution in [3.8, 4) is 22.8 Å². The van der Waals surface area contributed by atoms with Crippen LogP contribution in [0.3, 0.4) is 0 Å². The standard InChI is InChI=1S/C21H18F2N4O3/c22-14-5-2-6-15(23)17(14)21-26-18(20(24)29)19(30-21)13-4-1-3-12(9-13)10-27-8-7-25-16(28)11-27/h1-6,9H,7-8,10-11H2,(H2,24,29)(H,25,28). The molecule has 1 fully saturated rings. The average molecular weight is 412 g/mol. The largest absolute Gasteiger partial charge is 0.435 e. The van der Waals surface area contributed by atoms with Crippen LogP contribution in [0.1, 0.15) is 16.1 Å². The number of nitrogens with two attached hydrogens (primary N) is 1. The van der Waals surface area contributed by atoms with Crippen molar-refractivity contribution < 1.29 is 22.8 Å². The third-order valence-corrected chi connectivity index (χ3v) is 4.75. The first-order valence-electron chi connectivity index (χ1n) is 9.26. The number of hydrogen-bond donors (Lipinski definition) is 2. The van der Waals surface area contributed by atoms with E-state index >= 15 is 0 Å². The fourth-order valence-corrected chi connectivity index (χ4v) is 3.39. The van der Waals surface area contributed by atoms with Crippen molar-refractivity contribution in [2.24, 2.45) is 5.73 Å². The fraction of sp³-hybridized carbons (Fsp3) is 0.190. The molecule has 1 aromatic heterocycles. The van der Waals surface area contributed by atoms with Gasteiger partial charge in [-0.2, -0.15) is 0 Å². The van der Waals surface area contributed by atoms with Crippen molar-refractivity contribution in [3.63, 3.8) is 0 Å². The second-order valence-electron chi connectivity index (χ2n) is 6.92. The van der Waals surface area contributed by atoms with E-state index in [1.54, 1.807) is 18.2 Å². The number of nitrogens with one attached hydrogen (secondary N) is 1. The first-order chi connectivity index (χ1) is 14.4. The van der Waals surface area contributed by atoms with E-state index in [4.69, 9.17) is 10.2 Å². The number of primary amides is 1. The van der Waals surface area contributed by atoms with E-state index in [-0.39, 0.29) is 29.8 Å². The van der Waals surface area contributed by atoms with E-state index in [1.807, 2.05) is 11.0 Å². The van der Waals surface area contributed by atoms with Crippen molar-refractivity contribution in [2.75, 3.05) is 19.6 Å². The number of hydrogen-bond acceptors (Lipinski definition) is 5. The fourth-order valence-electron chi connectivity index (χ4n) is 3.39. The van der Waals surface area contributed by atoms with Gasteiger partial charge in [-0.25, -0.2) is 13.8 Å². The molecule has 30 heavy (non-hydrogen) atoms. The number of halogens is 2. The van der Waals surface area contributed by atoms with Gasteiger partial charge in [-0.1, -0.05) is 24.3 Å². The van der Waals surface area contributed by atoms with Crippen LogP contribution < -0.4 is 11.1 Å². The van der Waals surface area contributed by atoms with Gasteiger partial charge in [0.2, 0.25) is 11.8 Å². The van der Waals surface area contributed by atoms with Crippen LogP contribution in [-0.2, 0) is 11.3 Å². The number of carbonyl (C=O) groups is 2. The summed E-state index contributed by atoms with van der Waals surface area (Å²) >= 11 is 0. The maximum atomic E-state index is 14.1. The molecule has 3 aromatic rings. The Hall–Kier alpha value is -3.59. The lowest BCUT2D eigenvalue weighted by Crippen LogP contribution is -2.47. The maximum absolute atomic E-state index is 14.1. The van der Waals surface area contributed by atoms with Crippen molar-refractivity contribution in [3.05, 3.63) is 65.4 Å². The smallest absolute Gasteiger partial charge is 0.271 e. The lowest BCUT2D eigenvalue weighted by atomic mass is 10.1. The molecule has 154 valence electrons. The van der Waals surface area contributed by atoms with Crippen molar-refractivity contribution in [2.45, 2.75) is 6.54 Å². The zero-order valence-corrected chi connectivity index (χ0v) is 15.8. The lowest BCUT2D eigenvalue weighted by Gasteiger charge is -2.26. The van der Waals surface area contributed by atoms with Crippen molar-refractivity contribution in [1.82, 2.24) is 15.2 Å². The summed E-state index contributed by atoms with van der Waals surface area (Å²) < 4.78 is 33.9. The summed E-state index contributed by atoms with van der Waals surface area (Å²) in [5.74, 6) is -2.99. The Morgan fingerprint density at radius 3 is 2.63 bits per heavy atom. The lowest BCUT2D eigenvalue weighted by molar-refractivity contribution is -0.124. The number of aromatic nitrogens is 1. The Morgan fingerprint density at radius 2 is 1.93 bits per heavy atom. The first-order valence-corrected chi connectivity index (χ1v) is 9.26. The average Bonchev–Trinajstić information content (AvgIpc) is 3.13. The second-order valence-corrected chi connectivity index (χ2v) is 6.92. The summed E-state index contributed by atoms with van der Waals surface area (Å²) in [7, 11) is 0. The molecule has 0 spiro atoms. The van der Waals surface area contributed by atoms with Gasteiger partial charge in [-0.05, 0) is 23.8 Å². The molecule has 9 heteroatoms. The molecule has 1 aliphatic rings. The Labute approximate surface area is 170 Å². The molecule has 0 bridgehead atoms. The third kappa shape index (κ3) is 3.92. The second kappa shape index (κ2) is 8.03. The van der Waals surface area contributed by atoms with Gasteiger partial charge in [-0.15, -0.1) is 0 Å². The van der Waals surface area contributed by atoms with Gasteiger partial charge in [-0.3, -0.25) is 14.5 Å². The highest BCUT2D eigenvalue weighted by Crippen LogP contribution is 2.32. The molecule has 4 rings (SSSR count). The normalized spacial score (nSPS) is 14.5. The number of carbonyl (C=O) groups excluding carboxylic acids is 2. The van der Waals surface area contributed by atoms with E-state index in [0.717, 1.165) is 17.7 Å². The Morgan fingerprint density at radius 1 is 1.20 bits per heavy atom. The molecule has 7 nitrogen and oxygen atoms in total. The van der Waals surface area contributed by atoms with E-state index < -0.39 is 23.1 Å². The van der Waals surface area contributed by atoms with Crippen molar-refractivity contribution in [1.29, 1.82) is 0 Å². The van der Waals surface area contributed by atoms with Gasteiger partial charge in [0.1, 0.15) is 17.2 Å². The van der Waals surface area contributed by atoms with E-state index in [1.165, 1.54) is 6.07 Å². The van der Waals surface area contributed by atoms with Gasteiger partial charge in [0.15, 0.2) is 11.5 Å². The van der Waals surface area contributed by atoms with Crippen molar-refractivity contribution >= 4 is 11.8 Å². The van der Waals surface area contributed by atoms with Crippen LogP contribution in [0.25, 0.3) is 22.8 Å². The summed E-state index contributed by atoms with van der Waals surface area (Å²) in [6.45, 7) is 2.08. The molecule has 2 heterocycles. The topological polar surface area (TPSA) is 101 Å². The minimum Gasteiger partial charge on any atom is -0.435 e. The minimum atomic E-state index is -0.880. The van der Waals surface area contributed by atoms with Crippen LogP contribution in [0.2, 0.25) is 0 Å². The Kier molecular flexibility index (Phi) is 5.28. The highest BCUT2D eigenvalue weighted by atomic mass is 19.1. The van der Waals surface area contributed by atoms with Crippen LogP contribution in [0, 0.1) is 11.6 Å². The molecular weight excluding hydrogens is 394 g/mol. The predicted molar refractivity (Wildman–Crippen MR) is 104 cm³/mol. The SMILES string of the molecule is NC(=O)c1nc(-c2c(F)cccc2F)oc1-c1cccc(CN2CCNC(=O)C2)c1. The van der Waals surface area contributed by atoms with Crippen LogP contribution in [0.4, 0.5) is 8.78 Å². The summed E-state index contributed by atoms with van der Waals surface area (Å²) in [6.07, 6.45) is 0. The molecule has 0 unspecified atom stereocenters. The van der Waals surface area contributed by atoms with Crippen LogP contribution in [0.15, 0.2) is 46.9 Å². The molecule has 3 N–H and O–H groups in total. The quantitative estimate of drug-likeness (QED) is 0.670. The molecule has 2 amide bonds. The molecule has 0 saturated carbocycles. The van der Waals surface area contributed by atoms with Gasteiger partial charge in [0.05, 0.1) is 6.54 Å². The van der Waals surface area contributed by atoms with Gasteiger partial charge in [0, 0.05) is 25.2 Å². The molecule has 1 saturated heterocycles. The highest BCUT2D eigenvalue weighted by molar-refractivity contribution is 5.97. The molecule has 0 radical (unpaired) electrons. The number of rotatable bonds is 5. The highest BCUT2D eigenvalue weighted by Gasteiger charge is 2.24. The first kappa shape index (κ1) is 19.7. The zero-order chi connectivity index (χ0) is 21.3. The Balaban J connectivity index is 1.71. The van der Waals surface area contributed by atoms with E-state index in [2.05, 4.69) is 10.3 Å². The van der Waals surface area contributed by atoms with Crippen LogP contribution in [0.5, 0.6) is 0 Å². The summed E-state index contributed by atoms with van der Waals surface area (Å²) in [4.78, 5) is 29.4. The number of piperazine rings is 1. The number of benzene rings is 2. The number of nitrogens with zero attached hydrogens (tertiary/aromatic N) is 2. The minimum absolute atomic E-state index is 0.0263. The number of oxazole rings is 1. The van der Waals surface area contributed by atoms with Crippen LogP contribution in [-0.4, -0.2) is 41.3 Å². The summed E-state index contributed by atoms with van der Waals surface area (Å²) in [6, 6.07) is 10.4. The summed E-state index contributed by atoms with van der Waals surface area (Å²) in [5, 5.41) is 2.77. The molecular formula is C21H18F2N4O3. The van der Waals surface area contributed by atoms with Gasteiger partial charge in [0.25, 0.3) is 5.91 Å². The summed E-state index contributed by atoms with van der Waals surface area (Å²) in [5.41, 5.74) is 6.08. The third-order valence-electron chi connectivity index (χ3n) is 4.75. The zero-order valence-electron chi connectivity index (χ0n) is 15.8. The molecule has 0 atom stereocenters. The molecule has 2 aromatic carbocycles. The Bertz CT molecular complexity index is 1110. The molecule has 1 aliphatic heterocycles. The van der Waals surface area contributed by atoms with E-state index in [9.17, 15) is 18.4 Å². The van der Waals surface area contributed by atoms with Crippen LogP contribution >= 0.6 is 0 Å². The maximum Gasteiger partial charge on any atom is 0.271 e. The van der Waals surface area contributed by atoms with Gasteiger partial charge < -0.3 is 15.5 Å².